The fourth-order valence-corrected chi connectivity index (χ4v) is 4.25. The van der Waals surface area contributed by atoms with Crippen LogP contribution in [0.25, 0.3) is 0 Å². The summed E-state index contributed by atoms with van der Waals surface area (Å²) in [6.45, 7) is 4.04. The number of aliphatic carboxylic acids is 1. The van der Waals surface area contributed by atoms with E-state index in [1.54, 1.807) is 12.1 Å². The first-order chi connectivity index (χ1) is 17.4. The van der Waals surface area contributed by atoms with Crippen LogP contribution in [0.15, 0.2) is 24.3 Å². The molecule has 204 valence electrons. The zero-order valence-electron chi connectivity index (χ0n) is 21.2. The van der Waals surface area contributed by atoms with Gasteiger partial charge in [-0.25, -0.2) is 4.79 Å². The molecular formula is C25H37N5O7. The topological polar surface area (TPSA) is 205 Å². The molecule has 0 saturated carbocycles. The molecule has 0 aromatic heterocycles. The number of phenols is 1. The third-order valence-corrected chi connectivity index (χ3v) is 6.19. The van der Waals surface area contributed by atoms with Crippen LogP contribution in [0, 0.1) is 5.92 Å². The Morgan fingerprint density at radius 2 is 1.73 bits per heavy atom. The van der Waals surface area contributed by atoms with Gasteiger partial charge in [0.2, 0.25) is 23.6 Å². The zero-order chi connectivity index (χ0) is 27.7. The Balaban J connectivity index is 2.09. The van der Waals surface area contributed by atoms with Gasteiger partial charge in [0.25, 0.3) is 0 Å². The lowest BCUT2D eigenvalue weighted by molar-refractivity contribution is -0.143. The Hall–Kier alpha value is -3.67. The monoisotopic (exact) mass is 519 g/mol. The van der Waals surface area contributed by atoms with Crippen LogP contribution in [0.1, 0.15) is 51.5 Å². The number of nitrogens with one attached hydrogen (secondary N) is 2. The number of carbonyl (C=O) groups excluding carboxylic acids is 4. The minimum atomic E-state index is -1.25. The smallest absolute Gasteiger partial charge is 0.326 e. The Morgan fingerprint density at radius 3 is 2.30 bits per heavy atom. The highest BCUT2D eigenvalue weighted by molar-refractivity contribution is 5.94. The molecule has 1 heterocycles. The van der Waals surface area contributed by atoms with Crippen molar-refractivity contribution in [1.82, 2.24) is 15.5 Å². The number of primary amides is 1. The maximum Gasteiger partial charge on any atom is 0.326 e. The standard InChI is InChI=1S/C25H37N5O7/c1-14(2)12-18(22(33)29-19(25(36)37)13-15-5-7-16(31)8-6-15)28-23(34)20-4-3-11-30(20)24(35)17(26)9-10-21(27)32/h5-8,14,17-20,31H,3-4,9-13,26H2,1-2H3,(H2,27,32)(H,28,34)(H,29,33)(H,36,37). The maximum absolute atomic E-state index is 13.1. The molecule has 12 heteroatoms. The SMILES string of the molecule is CC(C)CC(NC(=O)C1CCCN1C(=O)C(N)CCC(N)=O)C(=O)NC(Cc1ccc(O)cc1)C(=O)O. The molecule has 0 radical (unpaired) electrons. The van der Waals surface area contributed by atoms with Crippen molar-refractivity contribution in [3.05, 3.63) is 29.8 Å². The summed E-state index contributed by atoms with van der Waals surface area (Å²) < 4.78 is 0. The van der Waals surface area contributed by atoms with Crippen LogP contribution in [0.3, 0.4) is 0 Å². The van der Waals surface area contributed by atoms with Crippen LogP contribution >= 0.6 is 0 Å². The Morgan fingerprint density at radius 1 is 1.08 bits per heavy atom. The fraction of sp³-hybridized carbons (Fsp3) is 0.560. The molecule has 1 aliphatic heterocycles. The number of aromatic hydroxyl groups is 1. The summed E-state index contributed by atoms with van der Waals surface area (Å²) in [5, 5.41) is 24.3. The van der Waals surface area contributed by atoms with Crippen LogP contribution in [0.2, 0.25) is 0 Å². The van der Waals surface area contributed by atoms with Gasteiger partial charge in [-0.2, -0.15) is 0 Å². The molecule has 0 spiro atoms. The highest BCUT2D eigenvalue weighted by Gasteiger charge is 2.38. The number of benzene rings is 1. The molecule has 1 fully saturated rings. The zero-order valence-corrected chi connectivity index (χ0v) is 21.2. The Labute approximate surface area is 215 Å². The summed E-state index contributed by atoms with van der Waals surface area (Å²) in [5.41, 5.74) is 11.6. The molecule has 4 amide bonds. The second-order valence-corrected chi connectivity index (χ2v) is 9.76. The van der Waals surface area contributed by atoms with E-state index in [9.17, 15) is 34.2 Å². The first-order valence-electron chi connectivity index (χ1n) is 12.3. The number of hydrogen-bond acceptors (Lipinski definition) is 7. The molecule has 1 aromatic carbocycles. The molecule has 0 bridgehead atoms. The number of nitrogens with two attached hydrogens (primary N) is 2. The van der Waals surface area contributed by atoms with Crippen molar-refractivity contribution in [3.63, 3.8) is 0 Å². The van der Waals surface area contributed by atoms with Crippen molar-refractivity contribution in [3.8, 4) is 5.75 Å². The number of hydrogen-bond donors (Lipinski definition) is 6. The number of likely N-dealkylation sites (tertiary alicyclic amines) is 1. The van der Waals surface area contributed by atoms with E-state index in [1.165, 1.54) is 17.0 Å². The average Bonchev–Trinajstić information content (AvgIpc) is 3.32. The van der Waals surface area contributed by atoms with Gasteiger partial charge in [-0.15, -0.1) is 0 Å². The summed E-state index contributed by atoms with van der Waals surface area (Å²) in [7, 11) is 0. The van der Waals surface area contributed by atoms with Gasteiger partial charge in [0, 0.05) is 19.4 Å². The number of carbonyl (C=O) groups is 5. The molecule has 12 nitrogen and oxygen atoms in total. The normalized spacial score (nSPS) is 17.6. The second kappa shape index (κ2) is 13.6. The summed E-state index contributed by atoms with van der Waals surface area (Å²) >= 11 is 0. The molecule has 1 aromatic rings. The van der Waals surface area contributed by atoms with E-state index in [0.29, 0.717) is 24.9 Å². The number of amides is 4. The number of nitrogens with zero attached hydrogens (tertiary/aromatic N) is 1. The number of carboxylic acids is 1. The van der Waals surface area contributed by atoms with E-state index in [1.807, 2.05) is 13.8 Å². The maximum atomic E-state index is 13.1. The van der Waals surface area contributed by atoms with E-state index in [0.717, 1.165) is 0 Å². The van der Waals surface area contributed by atoms with Gasteiger partial charge in [-0.05, 0) is 49.3 Å². The average molecular weight is 520 g/mol. The van der Waals surface area contributed by atoms with Gasteiger partial charge in [0.05, 0.1) is 6.04 Å². The van der Waals surface area contributed by atoms with Gasteiger partial charge >= 0.3 is 5.97 Å². The Kier molecular flexibility index (Phi) is 10.9. The largest absolute Gasteiger partial charge is 0.508 e. The van der Waals surface area contributed by atoms with Gasteiger partial charge in [-0.1, -0.05) is 26.0 Å². The molecule has 1 saturated heterocycles. The number of carboxylic acid groups (broad SMARTS) is 1. The van der Waals surface area contributed by atoms with Crippen molar-refractivity contribution in [2.45, 2.75) is 76.5 Å². The summed E-state index contributed by atoms with van der Waals surface area (Å²) in [6, 6.07) is 1.88. The van der Waals surface area contributed by atoms with Crippen molar-refractivity contribution in [2.24, 2.45) is 17.4 Å². The lowest BCUT2D eigenvalue weighted by atomic mass is 10.0. The molecular weight excluding hydrogens is 482 g/mol. The van der Waals surface area contributed by atoms with E-state index >= 15 is 0 Å². The molecule has 8 N–H and O–H groups in total. The van der Waals surface area contributed by atoms with Crippen molar-refractivity contribution in [2.75, 3.05) is 6.54 Å². The summed E-state index contributed by atoms with van der Waals surface area (Å²) in [5.74, 6) is -3.43. The van der Waals surface area contributed by atoms with Gasteiger partial charge in [0.15, 0.2) is 0 Å². The van der Waals surface area contributed by atoms with Crippen LogP contribution in [-0.2, 0) is 30.4 Å². The predicted octanol–water partition coefficient (Wildman–Crippen LogP) is -0.381. The van der Waals surface area contributed by atoms with Gasteiger partial charge in [-0.3, -0.25) is 19.2 Å². The van der Waals surface area contributed by atoms with E-state index in [-0.39, 0.29) is 37.4 Å². The molecule has 37 heavy (non-hydrogen) atoms. The highest BCUT2D eigenvalue weighted by atomic mass is 16.4. The van der Waals surface area contributed by atoms with E-state index in [2.05, 4.69) is 10.6 Å². The predicted molar refractivity (Wildman–Crippen MR) is 134 cm³/mol. The van der Waals surface area contributed by atoms with Crippen molar-refractivity contribution < 1.29 is 34.2 Å². The lowest BCUT2D eigenvalue weighted by Crippen LogP contribution is -2.57. The first-order valence-corrected chi connectivity index (χ1v) is 12.3. The van der Waals surface area contributed by atoms with E-state index in [4.69, 9.17) is 11.5 Å². The highest BCUT2D eigenvalue weighted by Crippen LogP contribution is 2.20. The third kappa shape index (κ3) is 9.05. The van der Waals surface area contributed by atoms with Gasteiger partial charge in [0.1, 0.15) is 23.9 Å². The van der Waals surface area contributed by atoms with Crippen LogP contribution in [0.4, 0.5) is 0 Å². The van der Waals surface area contributed by atoms with Crippen LogP contribution < -0.4 is 22.1 Å². The third-order valence-electron chi connectivity index (χ3n) is 6.19. The first kappa shape index (κ1) is 29.6. The van der Waals surface area contributed by atoms with Gasteiger partial charge < -0.3 is 37.2 Å². The minimum Gasteiger partial charge on any atom is -0.508 e. The molecule has 4 atom stereocenters. The quantitative estimate of drug-likeness (QED) is 0.202. The molecule has 4 unspecified atom stereocenters. The van der Waals surface area contributed by atoms with E-state index < -0.39 is 53.8 Å². The van der Waals surface area contributed by atoms with Crippen molar-refractivity contribution >= 4 is 29.6 Å². The molecule has 2 rings (SSSR count). The minimum absolute atomic E-state index is 0.0000355. The Bertz CT molecular complexity index is 982. The summed E-state index contributed by atoms with van der Waals surface area (Å²) in [4.78, 5) is 63.2. The lowest BCUT2D eigenvalue weighted by Gasteiger charge is -2.29. The number of rotatable bonds is 13. The molecule has 0 aliphatic carbocycles. The second-order valence-electron chi connectivity index (χ2n) is 9.76. The van der Waals surface area contributed by atoms with Crippen LogP contribution in [-0.4, -0.2) is 75.4 Å². The summed E-state index contributed by atoms with van der Waals surface area (Å²) in [6.07, 6.45) is 1.20. The van der Waals surface area contributed by atoms with Crippen molar-refractivity contribution in [1.29, 1.82) is 0 Å². The van der Waals surface area contributed by atoms with Crippen LogP contribution in [0.5, 0.6) is 5.75 Å². The number of phenolic OH excluding ortho intramolecular Hbond substituents is 1. The molecule has 1 aliphatic rings. The fourth-order valence-electron chi connectivity index (χ4n) is 4.25.